The number of H-pyrrole nitrogens is 1. The molecule has 1 aliphatic carbocycles. The number of aromatic amines is 1. The van der Waals surface area contributed by atoms with Crippen LogP contribution >= 0.6 is 0 Å². The van der Waals surface area contributed by atoms with E-state index >= 15 is 0 Å². The van der Waals surface area contributed by atoms with Crippen LogP contribution in [0.2, 0.25) is 0 Å². The van der Waals surface area contributed by atoms with Gasteiger partial charge in [-0.3, -0.25) is 4.72 Å². The van der Waals surface area contributed by atoms with Gasteiger partial charge in [0.05, 0.1) is 11.3 Å². The zero-order valence-corrected chi connectivity index (χ0v) is 16.7. The van der Waals surface area contributed by atoms with Crippen LogP contribution < -0.4 is 4.72 Å². The number of aryl methyl sites for hydroxylation is 3. The largest absolute Gasteiger partial charge is 0.420 e. The van der Waals surface area contributed by atoms with E-state index in [-0.39, 0.29) is 16.7 Å². The highest BCUT2D eigenvalue weighted by Gasteiger charge is 2.31. The second-order valence-electron chi connectivity index (χ2n) is 7.22. The minimum Gasteiger partial charge on any atom is -0.420 e. The zero-order chi connectivity index (χ0) is 20.1. The van der Waals surface area contributed by atoms with E-state index in [4.69, 9.17) is 4.42 Å². The van der Waals surface area contributed by atoms with E-state index in [1.54, 1.807) is 20.8 Å². The lowest BCUT2D eigenvalue weighted by molar-refractivity contribution is 0.338. The fraction of sp³-hybridized carbons (Fsp3) is 0.368. The Morgan fingerprint density at radius 3 is 2.57 bits per heavy atom. The summed E-state index contributed by atoms with van der Waals surface area (Å²) in [5.74, 6) is 0.552. The summed E-state index contributed by atoms with van der Waals surface area (Å²) in [7, 11) is -3.97. The van der Waals surface area contributed by atoms with Crippen molar-refractivity contribution in [3.8, 4) is 11.5 Å². The molecule has 0 radical (unpaired) electrons. The standard InChI is InChI=1S/C19H21FN4O3S/c1-10-9-14(20)7-8-15(10)24-28(25,26)17-12(3)21-11(2)16(17)19-23-22-18(27-19)13-5-4-6-13/h7-9,13,21,24H,4-6H2,1-3H3. The Labute approximate surface area is 162 Å². The van der Waals surface area contributed by atoms with Gasteiger partial charge in [0.2, 0.25) is 5.89 Å². The molecule has 0 saturated heterocycles. The third-order valence-corrected chi connectivity index (χ3v) is 6.66. The molecule has 0 amide bonds. The van der Waals surface area contributed by atoms with Crippen LogP contribution in [0.15, 0.2) is 27.5 Å². The Morgan fingerprint density at radius 1 is 1.18 bits per heavy atom. The summed E-state index contributed by atoms with van der Waals surface area (Å²) < 4.78 is 48.0. The molecule has 0 atom stereocenters. The average Bonchev–Trinajstić information content (AvgIpc) is 3.12. The minimum absolute atomic E-state index is 0.0533. The second-order valence-corrected chi connectivity index (χ2v) is 8.84. The number of nitrogens with one attached hydrogen (secondary N) is 2. The van der Waals surface area contributed by atoms with E-state index in [1.807, 2.05) is 0 Å². The number of hydrogen-bond acceptors (Lipinski definition) is 5. The van der Waals surface area contributed by atoms with Crippen molar-refractivity contribution in [1.82, 2.24) is 15.2 Å². The zero-order valence-electron chi connectivity index (χ0n) is 15.8. The van der Waals surface area contributed by atoms with Gasteiger partial charge in [-0.05, 0) is 57.4 Å². The van der Waals surface area contributed by atoms with Crippen LogP contribution in [-0.4, -0.2) is 23.6 Å². The Balaban J connectivity index is 1.76. The Morgan fingerprint density at radius 2 is 1.93 bits per heavy atom. The molecule has 4 rings (SSSR count). The first-order chi connectivity index (χ1) is 13.3. The van der Waals surface area contributed by atoms with E-state index in [0.717, 1.165) is 19.3 Å². The van der Waals surface area contributed by atoms with Gasteiger partial charge >= 0.3 is 0 Å². The predicted octanol–water partition coefficient (Wildman–Crippen LogP) is 4.20. The number of hydrogen-bond donors (Lipinski definition) is 2. The van der Waals surface area contributed by atoms with E-state index in [0.29, 0.717) is 34.1 Å². The number of sulfonamides is 1. The molecule has 0 unspecified atom stereocenters. The van der Waals surface area contributed by atoms with Gasteiger partial charge in [0.25, 0.3) is 15.9 Å². The van der Waals surface area contributed by atoms with Crippen molar-refractivity contribution in [2.24, 2.45) is 0 Å². The topological polar surface area (TPSA) is 101 Å². The van der Waals surface area contributed by atoms with Crippen LogP contribution in [0.1, 0.15) is 48.0 Å². The maximum atomic E-state index is 13.3. The molecule has 148 valence electrons. The molecule has 3 aromatic rings. The monoisotopic (exact) mass is 404 g/mol. The van der Waals surface area contributed by atoms with Crippen molar-refractivity contribution < 1.29 is 17.2 Å². The Hall–Kier alpha value is -2.68. The van der Waals surface area contributed by atoms with Gasteiger partial charge in [-0.2, -0.15) is 0 Å². The quantitative estimate of drug-likeness (QED) is 0.664. The van der Waals surface area contributed by atoms with Crippen LogP contribution in [0.25, 0.3) is 11.5 Å². The molecule has 0 bridgehead atoms. The molecular weight excluding hydrogens is 383 g/mol. The summed E-state index contributed by atoms with van der Waals surface area (Å²) >= 11 is 0. The number of aromatic nitrogens is 3. The summed E-state index contributed by atoms with van der Waals surface area (Å²) in [6, 6.07) is 3.89. The molecule has 28 heavy (non-hydrogen) atoms. The van der Waals surface area contributed by atoms with E-state index in [1.165, 1.54) is 18.2 Å². The summed E-state index contributed by atoms with van der Waals surface area (Å²) in [6.07, 6.45) is 3.14. The van der Waals surface area contributed by atoms with Gasteiger partial charge in [-0.25, -0.2) is 12.8 Å². The van der Waals surface area contributed by atoms with Crippen LogP contribution in [0.5, 0.6) is 0 Å². The third kappa shape index (κ3) is 3.19. The summed E-state index contributed by atoms with van der Waals surface area (Å²) in [6.45, 7) is 5.07. The Bertz CT molecular complexity index is 1150. The van der Waals surface area contributed by atoms with Crippen molar-refractivity contribution in [3.05, 3.63) is 46.9 Å². The van der Waals surface area contributed by atoms with Crippen molar-refractivity contribution in [1.29, 1.82) is 0 Å². The Kier molecular flexibility index (Phi) is 4.49. The van der Waals surface area contributed by atoms with Crippen LogP contribution in [0.4, 0.5) is 10.1 Å². The van der Waals surface area contributed by atoms with Crippen molar-refractivity contribution in [3.63, 3.8) is 0 Å². The maximum absolute atomic E-state index is 13.3. The first kappa shape index (κ1) is 18.7. The van der Waals surface area contributed by atoms with Crippen LogP contribution in [-0.2, 0) is 10.0 Å². The lowest BCUT2D eigenvalue weighted by Gasteiger charge is -2.20. The van der Waals surface area contributed by atoms with E-state index < -0.39 is 15.8 Å². The van der Waals surface area contributed by atoms with Crippen LogP contribution in [0, 0.1) is 26.6 Å². The maximum Gasteiger partial charge on any atom is 0.264 e. The van der Waals surface area contributed by atoms with Gasteiger partial charge in [0.1, 0.15) is 10.7 Å². The normalized spacial score (nSPS) is 14.9. The summed E-state index contributed by atoms with van der Waals surface area (Å²) in [5.41, 5.74) is 2.25. The smallest absolute Gasteiger partial charge is 0.264 e. The molecule has 2 N–H and O–H groups in total. The molecule has 1 aliphatic rings. The third-order valence-electron chi connectivity index (χ3n) is 5.13. The molecule has 9 heteroatoms. The molecule has 7 nitrogen and oxygen atoms in total. The molecule has 1 saturated carbocycles. The summed E-state index contributed by atoms with van der Waals surface area (Å²) in [4.78, 5) is 3.10. The molecule has 0 spiro atoms. The van der Waals surface area contributed by atoms with Crippen molar-refractivity contribution in [2.75, 3.05) is 4.72 Å². The van der Waals surface area contributed by atoms with Gasteiger partial charge in [-0.1, -0.05) is 6.42 Å². The van der Waals surface area contributed by atoms with Crippen LogP contribution in [0.3, 0.4) is 0 Å². The first-order valence-electron chi connectivity index (χ1n) is 9.08. The number of nitrogens with zero attached hydrogens (tertiary/aromatic N) is 2. The van der Waals surface area contributed by atoms with Gasteiger partial charge in [0, 0.05) is 17.3 Å². The predicted molar refractivity (Wildman–Crippen MR) is 102 cm³/mol. The van der Waals surface area contributed by atoms with E-state index in [9.17, 15) is 12.8 Å². The first-order valence-corrected chi connectivity index (χ1v) is 10.6. The van der Waals surface area contributed by atoms with Gasteiger partial charge in [-0.15, -0.1) is 10.2 Å². The highest BCUT2D eigenvalue weighted by atomic mass is 32.2. The minimum atomic E-state index is -3.97. The van der Waals surface area contributed by atoms with Gasteiger partial charge in [0.15, 0.2) is 0 Å². The van der Waals surface area contributed by atoms with Crippen molar-refractivity contribution >= 4 is 15.7 Å². The lowest BCUT2D eigenvalue weighted by atomic mass is 9.85. The number of halogens is 1. The molecule has 2 heterocycles. The van der Waals surface area contributed by atoms with E-state index in [2.05, 4.69) is 19.9 Å². The summed E-state index contributed by atoms with van der Waals surface area (Å²) in [5, 5.41) is 8.20. The van der Waals surface area contributed by atoms with Gasteiger partial charge < -0.3 is 9.40 Å². The molecule has 0 aliphatic heterocycles. The lowest BCUT2D eigenvalue weighted by Crippen LogP contribution is -2.15. The molecule has 2 aromatic heterocycles. The molecule has 1 fully saturated rings. The fourth-order valence-corrected chi connectivity index (χ4v) is 5.03. The second kappa shape index (κ2) is 6.73. The fourth-order valence-electron chi connectivity index (χ4n) is 3.44. The average molecular weight is 404 g/mol. The molecular formula is C19H21FN4O3S. The molecule has 1 aromatic carbocycles. The number of benzene rings is 1. The van der Waals surface area contributed by atoms with Crippen molar-refractivity contribution in [2.45, 2.75) is 50.8 Å². The number of rotatable bonds is 5. The highest BCUT2D eigenvalue weighted by molar-refractivity contribution is 7.93. The SMILES string of the molecule is Cc1cc(F)ccc1NS(=O)(=O)c1c(C)[nH]c(C)c1-c1nnc(C2CCC2)o1. The number of anilines is 1. The highest BCUT2D eigenvalue weighted by Crippen LogP contribution is 2.39.